The zero-order valence-corrected chi connectivity index (χ0v) is 10.1. The van der Waals surface area contributed by atoms with Gasteiger partial charge in [-0.05, 0) is 27.3 Å². The van der Waals surface area contributed by atoms with E-state index in [1.807, 2.05) is 0 Å². The second-order valence-electron chi connectivity index (χ2n) is 4.08. The van der Waals surface area contributed by atoms with Crippen molar-refractivity contribution < 1.29 is 4.74 Å². The van der Waals surface area contributed by atoms with Gasteiger partial charge in [0.05, 0.1) is 12.7 Å². The Morgan fingerprint density at radius 3 is 2.43 bits per heavy atom. The van der Waals surface area contributed by atoms with Gasteiger partial charge in [-0.25, -0.2) is 0 Å². The largest absolute Gasteiger partial charge is 0.377 e. The highest BCUT2D eigenvalue weighted by Crippen LogP contribution is 2.03. The maximum absolute atomic E-state index is 5.71. The van der Waals surface area contributed by atoms with Gasteiger partial charge < -0.3 is 10.5 Å². The number of hydrogen-bond acceptors (Lipinski definition) is 3. The number of rotatable bonds is 8. The molecule has 3 heteroatoms. The zero-order chi connectivity index (χ0) is 11.0. The molecule has 0 radical (unpaired) electrons. The normalized spacial score (nSPS) is 13.9. The lowest BCUT2D eigenvalue weighted by molar-refractivity contribution is 0.0556. The Morgan fingerprint density at radius 1 is 1.36 bits per heavy atom. The monoisotopic (exact) mass is 202 g/mol. The van der Waals surface area contributed by atoms with Crippen molar-refractivity contribution >= 4 is 0 Å². The fourth-order valence-electron chi connectivity index (χ4n) is 1.47. The fourth-order valence-corrected chi connectivity index (χ4v) is 1.47. The van der Waals surface area contributed by atoms with Crippen LogP contribution >= 0.6 is 0 Å². The summed E-state index contributed by atoms with van der Waals surface area (Å²) in [5, 5.41) is 0. The Bertz CT molecular complexity index is 128. The van der Waals surface area contributed by atoms with Crippen molar-refractivity contribution in [1.82, 2.24) is 4.90 Å². The highest BCUT2D eigenvalue weighted by Gasteiger charge is 2.11. The molecule has 0 saturated heterocycles. The number of nitrogens with zero attached hydrogens (tertiary/aromatic N) is 1. The van der Waals surface area contributed by atoms with Gasteiger partial charge in [-0.15, -0.1) is 0 Å². The molecule has 2 N–H and O–H groups in total. The van der Waals surface area contributed by atoms with Crippen LogP contribution in [0.1, 0.15) is 33.6 Å². The SMILES string of the molecule is CCCC(CN)N(C)CCOC(C)C. The third kappa shape index (κ3) is 6.35. The molecule has 0 aliphatic rings. The van der Waals surface area contributed by atoms with Crippen molar-refractivity contribution in [3.05, 3.63) is 0 Å². The number of hydrogen-bond donors (Lipinski definition) is 1. The van der Waals surface area contributed by atoms with Crippen LogP contribution < -0.4 is 5.73 Å². The van der Waals surface area contributed by atoms with Crippen LogP contribution in [0.25, 0.3) is 0 Å². The fraction of sp³-hybridized carbons (Fsp3) is 1.00. The van der Waals surface area contributed by atoms with Gasteiger partial charge in [0.25, 0.3) is 0 Å². The van der Waals surface area contributed by atoms with Gasteiger partial charge in [0.1, 0.15) is 0 Å². The van der Waals surface area contributed by atoms with Crippen molar-refractivity contribution in [3.63, 3.8) is 0 Å². The van der Waals surface area contributed by atoms with Gasteiger partial charge in [-0.3, -0.25) is 4.90 Å². The molecule has 0 fully saturated rings. The topological polar surface area (TPSA) is 38.5 Å². The van der Waals surface area contributed by atoms with Crippen LogP contribution in [0.3, 0.4) is 0 Å². The minimum absolute atomic E-state index is 0.325. The summed E-state index contributed by atoms with van der Waals surface area (Å²) in [5.41, 5.74) is 5.71. The van der Waals surface area contributed by atoms with Crippen LogP contribution in [0.5, 0.6) is 0 Å². The molecule has 0 heterocycles. The first-order valence-electron chi connectivity index (χ1n) is 5.63. The first kappa shape index (κ1) is 13.9. The van der Waals surface area contributed by atoms with E-state index in [0.29, 0.717) is 12.1 Å². The van der Waals surface area contributed by atoms with Crippen LogP contribution in [0.15, 0.2) is 0 Å². The van der Waals surface area contributed by atoms with Crippen molar-refractivity contribution in [2.75, 3.05) is 26.7 Å². The summed E-state index contributed by atoms with van der Waals surface area (Å²) >= 11 is 0. The van der Waals surface area contributed by atoms with E-state index in [1.165, 1.54) is 12.8 Å². The zero-order valence-electron chi connectivity index (χ0n) is 10.1. The summed E-state index contributed by atoms with van der Waals surface area (Å²) in [5.74, 6) is 0. The molecule has 0 aromatic carbocycles. The van der Waals surface area contributed by atoms with Gasteiger partial charge >= 0.3 is 0 Å². The smallest absolute Gasteiger partial charge is 0.0596 e. The number of ether oxygens (including phenoxy) is 1. The molecule has 0 amide bonds. The molecule has 86 valence electrons. The molecule has 0 bridgehead atoms. The van der Waals surface area contributed by atoms with E-state index in [0.717, 1.165) is 19.7 Å². The van der Waals surface area contributed by atoms with Crippen LogP contribution in [0.4, 0.5) is 0 Å². The highest BCUT2D eigenvalue weighted by molar-refractivity contribution is 4.68. The number of nitrogens with two attached hydrogens (primary N) is 1. The van der Waals surface area contributed by atoms with Gasteiger partial charge in [-0.2, -0.15) is 0 Å². The molecule has 0 rings (SSSR count). The summed E-state index contributed by atoms with van der Waals surface area (Å²) < 4.78 is 5.50. The van der Waals surface area contributed by atoms with E-state index in [-0.39, 0.29) is 0 Å². The Balaban J connectivity index is 3.63. The van der Waals surface area contributed by atoms with Gasteiger partial charge in [-0.1, -0.05) is 13.3 Å². The first-order chi connectivity index (χ1) is 6.61. The highest BCUT2D eigenvalue weighted by atomic mass is 16.5. The Labute approximate surface area is 88.6 Å². The van der Waals surface area contributed by atoms with E-state index >= 15 is 0 Å². The molecule has 0 aliphatic carbocycles. The summed E-state index contributed by atoms with van der Waals surface area (Å²) in [4.78, 5) is 2.30. The molecule has 0 spiro atoms. The third-order valence-corrected chi connectivity index (χ3v) is 2.41. The van der Waals surface area contributed by atoms with Crippen LogP contribution in [-0.4, -0.2) is 43.8 Å². The molecule has 14 heavy (non-hydrogen) atoms. The molecular weight excluding hydrogens is 176 g/mol. The molecule has 1 atom stereocenters. The minimum atomic E-state index is 0.325. The molecule has 0 aliphatic heterocycles. The van der Waals surface area contributed by atoms with Crippen molar-refractivity contribution in [3.8, 4) is 0 Å². The standard InChI is InChI=1S/C11H26N2O/c1-5-6-11(9-12)13(4)7-8-14-10(2)3/h10-11H,5-9,12H2,1-4H3. The van der Waals surface area contributed by atoms with Crippen LogP contribution in [-0.2, 0) is 4.74 Å². The summed E-state index contributed by atoms with van der Waals surface area (Å²) in [6, 6.07) is 0.510. The predicted octanol–water partition coefficient (Wildman–Crippen LogP) is 1.47. The van der Waals surface area contributed by atoms with Gasteiger partial charge in [0.15, 0.2) is 0 Å². The van der Waals surface area contributed by atoms with Gasteiger partial charge in [0, 0.05) is 19.1 Å². The minimum Gasteiger partial charge on any atom is -0.377 e. The summed E-state index contributed by atoms with van der Waals surface area (Å²) in [6.07, 6.45) is 2.69. The summed E-state index contributed by atoms with van der Waals surface area (Å²) in [6.45, 7) is 8.83. The maximum atomic E-state index is 5.71. The van der Waals surface area contributed by atoms with Crippen LogP contribution in [0.2, 0.25) is 0 Å². The molecule has 0 aromatic rings. The Hall–Kier alpha value is -0.120. The van der Waals surface area contributed by atoms with Crippen molar-refractivity contribution in [2.24, 2.45) is 5.73 Å². The molecular formula is C11H26N2O. The van der Waals surface area contributed by atoms with E-state index in [1.54, 1.807) is 0 Å². The first-order valence-corrected chi connectivity index (χ1v) is 5.63. The van der Waals surface area contributed by atoms with E-state index in [4.69, 9.17) is 10.5 Å². The van der Waals surface area contributed by atoms with Crippen LogP contribution in [0, 0.1) is 0 Å². The summed E-state index contributed by atoms with van der Waals surface area (Å²) in [7, 11) is 2.12. The third-order valence-electron chi connectivity index (χ3n) is 2.41. The van der Waals surface area contributed by atoms with E-state index < -0.39 is 0 Å². The molecule has 0 aromatic heterocycles. The van der Waals surface area contributed by atoms with E-state index in [9.17, 15) is 0 Å². The lowest BCUT2D eigenvalue weighted by atomic mass is 10.1. The number of likely N-dealkylation sites (N-methyl/N-ethyl adjacent to an activating group) is 1. The Morgan fingerprint density at radius 2 is 2.00 bits per heavy atom. The van der Waals surface area contributed by atoms with E-state index in [2.05, 4.69) is 32.7 Å². The van der Waals surface area contributed by atoms with Gasteiger partial charge in [0.2, 0.25) is 0 Å². The molecule has 1 unspecified atom stereocenters. The lowest BCUT2D eigenvalue weighted by Gasteiger charge is -2.26. The maximum Gasteiger partial charge on any atom is 0.0596 e. The predicted molar refractivity (Wildman–Crippen MR) is 61.5 cm³/mol. The molecule has 0 saturated carbocycles. The van der Waals surface area contributed by atoms with Crippen molar-refractivity contribution in [1.29, 1.82) is 0 Å². The second-order valence-corrected chi connectivity index (χ2v) is 4.08. The Kier molecular flexibility index (Phi) is 8.14. The average Bonchev–Trinajstić information content (AvgIpc) is 2.13. The molecule has 3 nitrogen and oxygen atoms in total. The van der Waals surface area contributed by atoms with Crippen molar-refractivity contribution in [2.45, 2.75) is 45.8 Å². The second kappa shape index (κ2) is 8.21. The average molecular weight is 202 g/mol. The quantitative estimate of drug-likeness (QED) is 0.648. The lowest BCUT2D eigenvalue weighted by Crippen LogP contribution is -2.39.